The van der Waals surface area contributed by atoms with Gasteiger partial charge in [0.2, 0.25) is 0 Å². The number of nitrogens with two attached hydrogens (primary N) is 1. The molecule has 0 bridgehead atoms. The molecular formula is C10H13N5OS. The summed E-state index contributed by atoms with van der Waals surface area (Å²) in [6.45, 7) is 3.98. The second-order valence-electron chi connectivity index (χ2n) is 3.90. The molecule has 90 valence electrons. The van der Waals surface area contributed by atoms with Crippen LogP contribution in [0.15, 0.2) is 18.5 Å². The molecule has 2 heterocycles. The van der Waals surface area contributed by atoms with E-state index in [1.54, 1.807) is 12.3 Å². The van der Waals surface area contributed by atoms with E-state index in [1.165, 1.54) is 6.20 Å². The molecule has 0 aliphatic heterocycles. The van der Waals surface area contributed by atoms with E-state index in [-0.39, 0.29) is 11.9 Å². The number of nitrogen functional groups attached to an aromatic ring is 1. The standard InChI is InChI=1S/C10H13N5OS/c1-6(2)15-5-7(11)3-8(15)10(16)13-9-4-12-14-17-9/h3-6H,11H2,1-2H3,(H,13,16). The van der Waals surface area contributed by atoms with Crippen LogP contribution in [0.1, 0.15) is 30.4 Å². The zero-order valence-electron chi connectivity index (χ0n) is 9.54. The van der Waals surface area contributed by atoms with Gasteiger partial charge in [-0.1, -0.05) is 4.49 Å². The Balaban J connectivity index is 2.24. The SMILES string of the molecule is CC(C)n1cc(N)cc1C(=O)Nc1cnns1. The second kappa shape index (κ2) is 4.54. The number of anilines is 2. The maximum Gasteiger partial charge on any atom is 0.273 e. The van der Waals surface area contributed by atoms with Crippen molar-refractivity contribution in [2.45, 2.75) is 19.9 Å². The maximum atomic E-state index is 12.0. The minimum atomic E-state index is -0.207. The Morgan fingerprint density at radius 3 is 2.94 bits per heavy atom. The lowest BCUT2D eigenvalue weighted by molar-refractivity contribution is 0.101. The number of amides is 1. The fourth-order valence-electron chi connectivity index (χ4n) is 1.51. The first-order valence-electron chi connectivity index (χ1n) is 5.14. The summed E-state index contributed by atoms with van der Waals surface area (Å²) >= 11 is 1.13. The van der Waals surface area contributed by atoms with Crippen molar-refractivity contribution in [3.8, 4) is 0 Å². The summed E-state index contributed by atoms with van der Waals surface area (Å²) in [5, 5.41) is 6.99. The van der Waals surface area contributed by atoms with Crippen molar-refractivity contribution in [3.63, 3.8) is 0 Å². The first-order chi connectivity index (χ1) is 8.08. The topological polar surface area (TPSA) is 85.8 Å². The molecule has 3 N–H and O–H groups in total. The molecule has 0 spiro atoms. The van der Waals surface area contributed by atoms with Crippen LogP contribution in [-0.2, 0) is 0 Å². The number of carbonyl (C=O) groups is 1. The Labute approximate surface area is 103 Å². The largest absolute Gasteiger partial charge is 0.397 e. The average Bonchev–Trinajstić information content (AvgIpc) is 2.86. The van der Waals surface area contributed by atoms with Crippen LogP contribution in [0.3, 0.4) is 0 Å². The van der Waals surface area contributed by atoms with Crippen LogP contribution in [0.25, 0.3) is 0 Å². The lowest BCUT2D eigenvalue weighted by Gasteiger charge is -2.11. The van der Waals surface area contributed by atoms with Gasteiger partial charge >= 0.3 is 0 Å². The van der Waals surface area contributed by atoms with Crippen LogP contribution in [0.2, 0.25) is 0 Å². The van der Waals surface area contributed by atoms with Crippen molar-refractivity contribution in [1.29, 1.82) is 0 Å². The molecular weight excluding hydrogens is 238 g/mol. The van der Waals surface area contributed by atoms with E-state index < -0.39 is 0 Å². The van der Waals surface area contributed by atoms with E-state index in [0.717, 1.165) is 11.5 Å². The van der Waals surface area contributed by atoms with Gasteiger partial charge in [-0.05, 0) is 19.9 Å². The van der Waals surface area contributed by atoms with Gasteiger partial charge in [-0.15, -0.1) is 5.10 Å². The number of hydrogen-bond acceptors (Lipinski definition) is 5. The molecule has 0 unspecified atom stereocenters. The summed E-state index contributed by atoms with van der Waals surface area (Å²) in [6.07, 6.45) is 3.26. The summed E-state index contributed by atoms with van der Waals surface area (Å²) < 4.78 is 5.51. The van der Waals surface area contributed by atoms with Gasteiger partial charge in [0.1, 0.15) is 10.7 Å². The lowest BCUT2D eigenvalue weighted by atomic mass is 10.3. The first kappa shape index (κ1) is 11.6. The number of nitrogens with one attached hydrogen (secondary N) is 1. The average molecular weight is 251 g/mol. The predicted octanol–water partition coefficient (Wildman–Crippen LogP) is 1.75. The molecule has 6 nitrogen and oxygen atoms in total. The Morgan fingerprint density at radius 1 is 1.59 bits per heavy atom. The molecule has 0 aliphatic carbocycles. The third kappa shape index (κ3) is 2.44. The second-order valence-corrected chi connectivity index (χ2v) is 4.68. The zero-order chi connectivity index (χ0) is 12.4. The van der Waals surface area contributed by atoms with E-state index >= 15 is 0 Å². The molecule has 2 rings (SSSR count). The number of rotatable bonds is 3. The summed E-state index contributed by atoms with van der Waals surface area (Å²) in [7, 11) is 0. The number of nitrogens with zero attached hydrogens (tertiary/aromatic N) is 3. The van der Waals surface area contributed by atoms with Gasteiger partial charge in [0.15, 0.2) is 0 Å². The highest BCUT2D eigenvalue weighted by atomic mass is 32.1. The molecule has 0 aliphatic rings. The van der Waals surface area contributed by atoms with Crippen LogP contribution in [0.4, 0.5) is 10.7 Å². The van der Waals surface area contributed by atoms with Crippen LogP contribution in [0.5, 0.6) is 0 Å². The van der Waals surface area contributed by atoms with Crippen LogP contribution in [0, 0.1) is 0 Å². The van der Waals surface area contributed by atoms with Gasteiger partial charge in [-0.2, -0.15) is 0 Å². The van der Waals surface area contributed by atoms with Crippen LogP contribution >= 0.6 is 11.5 Å². The molecule has 2 aromatic rings. The summed E-state index contributed by atoms with van der Waals surface area (Å²) in [5.74, 6) is -0.207. The highest BCUT2D eigenvalue weighted by Gasteiger charge is 2.15. The van der Waals surface area contributed by atoms with Crippen molar-refractivity contribution in [2.75, 3.05) is 11.1 Å². The normalized spacial score (nSPS) is 10.8. The van der Waals surface area contributed by atoms with Gasteiger partial charge in [0.05, 0.1) is 11.9 Å². The van der Waals surface area contributed by atoms with Crippen molar-refractivity contribution < 1.29 is 4.79 Å². The third-order valence-corrected chi connectivity index (χ3v) is 2.84. The fraction of sp³-hybridized carbons (Fsp3) is 0.300. The maximum absolute atomic E-state index is 12.0. The van der Waals surface area contributed by atoms with Gasteiger partial charge in [0, 0.05) is 23.8 Å². The zero-order valence-corrected chi connectivity index (χ0v) is 10.4. The van der Waals surface area contributed by atoms with E-state index in [1.807, 2.05) is 18.4 Å². The molecule has 2 aromatic heterocycles. The van der Waals surface area contributed by atoms with Crippen LogP contribution < -0.4 is 11.1 Å². The molecule has 0 aromatic carbocycles. The van der Waals surface area contributed by atoms with E-state index in [2.05, 4.69) is 14.9 Å². The first-order valence-corrected chi connectivity index (χ1v) is 5.91. The minimum Gasteiger partial charge on any atom is -0.397 e. The van der Waals surface area contributed by atoms with Crippen molar-refractivity contribution in [3.05, 3.63) is 24.2 Å². The smallest absolute Gasteiger partial charge is 0.273 e. The predicted molar refractivity (Wildman–Crippen MR) is 67.1 cm³/mol. The monoisotopic (exact) mass is 251 g/mol. The Bertz CT molecular complexity index is 517. The molecule has 0 radical (unpaired) electrons. The molecule has 0 atom stereocenters. The quantitative estimate of drug-likeness (QED) is 0.870. The summed E-state index contributed by atoms with van der Waals surface area (Å²) in [6, 6.07) is 1.83. The molecule has 7 heteroatoms. The minimum absolute atomic E-state index is 0.174. The molecule has 1 amide bonds. The summed E-state index contributed by atoms with van der Waals surface area (Å²) in [5.41, 5.74) is 6.81. The number of aromatic nitrogens is 3. The van der Waals surface area contributed by atoms with Crippen molar-refractivity contribution in [2.24, 2.45) is 0 Å². The van der Waals surface area contributed by atoms with E-state index in [0.29, 0.717) is 16.4 Å². The Hall–Kier alpha value is -1.89. The van der Waals surface area contributed by atoms with Gasteiger partial charge in [0.25, 0.3) is 5.91 Å². The third-order valence-electron chi connectivity index (χ3n) is 2.26. The van der Waals surface area contributed by atoms with E-state index in [4.69, 9.17) is 5.73 Å². The van der Waals surface area contributed by atoms with Crippen molar-refractivity contribution >= 4 is 28.1 Å². The van der Waals surface area contributed by atoms with Gasteiger partial charge in [-0.3, -0.25) is 4.79 Å². The molecule has 0 fully saturated rings. The molecule has 0 saturated carbocycles. The Kier molecular flexibility index (Phi) is 3.10. The number of carbonyl (C=O) groups excluding carboxylic acids is 1. The highest BCUT2D eigenvalue weighted by Crippen LogP contribution is 2.18. The summed E-state index contributed by atoms with van der Waals surface area (Å²) in [4.78, 5) is 12.0. The molecule has 17 heavy (non-hydrogen) atoms. The fourth-order valence-corrected chi connectivity index (χ4v) is 1.92. The lowest BCUT2D eigenvalue weighted by Crippen LogP contribution is -2.17. The van der Waals surface area contributed by atoms with Gasteiger partial charge < -0.3 is 15.6 Å². The molecule has 0 saturated heterocycles. The van der Waals surface area contributed by atoms with Gasteiger partial charge in [-0.25, -0.2) is 0 Å². The van der Waals surface area contributed by atoms with Crippen molar-refractivity contribution in [1.82, 2.24) is 14.2 Å². The Morgan fingerprint density at radius 2 is 2.35 bits per heavy atom. The highest BCUT2D eigenvalue weighted by molar-refractivity contribution is 7.10. The van der Waals surface area contributed by atoms with Crippen LogP contribution in [-0.4, -0.2) is 20.1 Å². The van der Waals surface area contributed by atoms with E-state index in [9.17, 15) is 4.79 Å². The number of hydrogen-bond donors (Lipinski definition) is 2.